The molecule has 2 heterocycles. The minimum Gasteiger partial charge on any atom is -0.503 e. The molecule has 1 N–H and O–H groups in total. The average molecular weight is 478 g/mol. The number of furan rings is 1. The number of rotatable bonds is 10. The Labute approximate surface area is 203 Å². The highest BCUT2D eigenvalue weighted by atomic mass is 16.5. The Morgan fingerprint density at radius 1 is 1.06 bits per heavy atom. The molecule has 1 aliphatic heterocycles. The maximum absolute atomic E-state index is 13.2. The van der Waals surface area contributed by atoms with Crippen LogP contribution in [0.5, 0.6) is 17.2 Å². The first kappa shape index (κ1) is 23.9. The van der Waals surface area contributed by atoms with Crippen LogP contribution in [0.4, 0.5) is 0 Å². The first-order valence-corrected chi connectivity index (χ1v) is 11.2. The number of nitrogens with zero attached hydrogens (tertiary/aromatic N) is 1. The number of Topliss-reactive ketones (excluding diaryl/α,β-unsaturated/α-hetero) is 1. The van der Waals surface area contributed by atoms with Crippen LogP contribution in [0.15, 0.2) is 76.6 Å². The predicted molar refractivity (Wildman–Crippen MR) is 128 cm³/mol. The molecule has 0 saturated carbocycles. The van der Waals surface area contributed by atoms with Gasteiger partial charge in [-0.15, -0.1) is 0 Å². The van der Waals surface area contributed by atoms with Gasteiger partial charge in [0, 0.05) is 6.54 Å². The van der Waals surface area contributed by atoms with Crippen LogP contribution in [0, 0.1) is 0 Å². The average Bonchev–Trinajstić information content (AvgIpc) is 3.50. The molecule has 0 saturated heterocycles. The van der Waals surface area contributed by atoms with Crippen molar-refractivity contribution < 1.29 is 33.3 Å². The fourth-order valence-corrected chi connectivity index (χ4v) is 4.20. The monoisotopic (exact) mass is 477 g/mol. The highest BCUT2D eigenvalue weighted by Crippen LogP contribution is 2.40. The minimum absolute atomic E-state index is 0.0126. The van der Waals surface area contributed by atoms with Gasteiger partial charge in [0.2, 0.25) is 5.78 Å². The van der Waals surface area contributed by atoms with Gasteiger partial charge in [-0.2, -0.15) is 0 Å². The Morgan fingerprint density at radius 2 is 1.80 bits per heavy atom. The summed E-state index contributed by atoms with van der Waals surface area (Å²) in [6.45, 7) is 2.66. The van der Waals surface area contributed by atoms with Crippen LogP contribution in [0.25, 0.3) is 0 Å². The van der Waals surface area contributed by atoms with E-state index >= 15 is 0 Å². The Bertz CT molecular complexity index is 1230. The fourth-order valence-electron chi connectivity index (χ4n) is 4.20. The summed E-state index contributed by atoms with van der Waals surface area (Å²) in [5.74, 6) is 0.189. The van der Waals surface area contributed by atoms with Crippen molar-refractivity contribution in [3.63, 3.8) is 0 Å². The summed E-state index contributed by atoms with van der Waals surface area (Å²) in [6.07, 6.45) is 1.84. The molecule has 8 nitrogen and oxygen atoms in total. The van der Waals surface area contributed by atoms with Crippen LogP contribution in [0.1, 0.15) is 34.6 Å². The van der Waals surface area contributed by atoms with Gasteiger partial charge in [-0.25, -0.2) is 0 Å². The molecule has 182 valence electrons. The van der Waals surface area contributed by atoms with Gasteiger partial charge < -0.3 is 28.6 Å². The van der Waals surface area contributed by atoms with Crippen LogP contribution in [0.2, 0.25) is 0 Å². The summed E-state index contributed by atoms with van der Waals surface area (Å²) in [5.41, 5.74) is 1.57. The van der Waals surface area contributed by atoms with Crippen molar-refractivity contribution in [3.8, 4) is 17.2 Å². The third-order valence-electron chi connectivity index (χ3n) is 5.89. The number of aliphatic hydroxyl groups is 1. The largest absolute Gasteiger partial charge is 0.503 e. The number of hydrogen-bond acceptors (Lipinski definition) is 7. The van der Waals surface area contributed by atoms with Gasteiger partial charge in [0.05, 0.1) is 38.7 Å². The second kappa shape index (κ2) is 10.4. The third-order valence-corrected chi connectivity index (χ3v) is 5.89. The molecule has 0 unspecified atom stereocenters. The van der Waals surface area contributed by atoms with Gasteiger partial charge in [0.25, 0.3) is 5.91 Å². The number of hydrogen-bond donors (Lipinski definition) is 1. The molecular formula is C27H27NO7. The van der Waals surface area contributed by atoms with E-state index in [9.17, 15) is 14.7 Å². The van der Waals surface area contributed by atoms with Crippen LogP contribution in [-0.2, 0) is 11.2 Å². The van der Waals surface area contributed by atoms with Crippen molar-refractivity contribution in [3.05, 3.63) is 89.1 Å². The zero-order valence-corrected chi connectivity index (χ0v) is 19.8. The summed E-state index contributed by atoms with van der Waals surface area (Å²) in [5, 5.41) is 10.8. The Morgan fingerprint density at radius 3 is 2.43 bits per heavy atom. The number of amides is 1. The van der Waals surface area contributed by atoms with Gasteiger partial charge in [0.15, 0.2) is 23.0 Å². The van der Waals surface area contributed by atoms with Crippen LogP contribution < -0.4 is 14.2 Å². The van der Waals surface area contributed by atoms with Crippen molar-refractivity contribution in [1.29, 1.82) is 0 Å². The molecule has 0 fully saturated rings. The van der Waals surface area contributed by atoms with E-state index in [4.69, 9.17) is 18.6 Å². The molecule has 0 aliphatic carbocycles. The van der Waals surface area contributed by atoms with Crippen molar-refractivity contribution in [2.24, 2.45) is 0 Å². The van der Waals surface area contributed by atoms with Crippen molar-refractivity contribution in [2.45, 2.75) is 19.4 Å². The number of ketones is 1. The number of benzene rings is 2. The Kier molecular flexibility index (Phi) is 7.10. The van der Waals surface area contributed by atoms with Gasteiger partial charge >= 0.3 is 0 Å². The molecule has 1 amide bonds. The molecule has 35 heavy (non-hydrogen) atoms. The summed E-state index contributed by atoms with van der Waals surface area (Å²) in [6, 6.07) is 15.0. The number of aliphatic hydroxyl groups excluding tert-OH is 1. The summed E-state index contributed by atoms with van der Waals surface area (Å²) in [7, 11) is 3.12. The zero-order valence-electron chi connectivity index (χ0n) is 19.8. The van der Waals surface area contributed by atoms with E-state index in [1.54, 1.807) is 50.6 Å². The van der Waals surface area contributed by atoms with E-state index in [2.05, 4.69) is 0 Å². The lowest BCUT2D eigenvalue weighted by molar-refractivity contribution is -0.129. The van der Waals surface area contributed by atoms with Gasteiger partial charge in [-0.05, 0) is 60.9 Å². The first-order chi connectivity index (χ1) is 17.0. The first-order valence-electron chi connectivity index (χ1n) is 11.2. The molecule has 1 atom stereocenters. The van der Waals surface area contributed by atoms with E-state index in [1.807, 2.05) is 19.1 Å². The molecule has 0 spiro atoms. The normalized spacial score (nSPS) is 15.5. The summed E-state index contributed by atoms with van der Waals surface area (Å²) >= 11 is 0. The molecule has 3 aromatic rings. The Hall–Kier alpha value is -4.20. The topological polar surface area (TPSA) is 98.4 Å². The Balaban J connectivity index is 1.67. The van der Waals surface area contributed by atoms with E-state index in [1.165, 1.54) is 17.2 Å². The van der Waals surface area contributed by atoms with Crippen molar-refractivity contribution in [2.75, 3.05) is 27.4 Å². The maximum atomic E-state index is 13.2. The summed E-state index contributed by atoms with van der Waals surface area (Å²) in [4.78, 5) is 27.9. The lowest BCUT2D eigenvalue weighted by Crippen LogP contribution is -2.33. The fraction of sp³-hybridized carbons (Fsp3) is 0.259. The highest BCUT2D eigenvalue weighted by molar-refractivity contribution is 6.15. The molecule has 4 rings (SSSR count). The van der Waals surface area contributed by atoms with Crippen LogP contribution in [0.3, 0.4) is 0 Å². The predicted octanol–water partition coefficient (Wildman–Crippen LogP) is 4.52. The third kappa shape index (κ3) is 4.73. The number of ether oxygens (including phenoxy) is 3. The van der Waals surface area contributed by atoms with Gasteiger partial charge in [0.1, 0.15) is 5.75 Å². The van der Waals surface area contributed by atoms with Crippen molar-refractivity contribution in [1.82, 2.24) is 4.90 Å². The highest BCUT2D eigenvalue weighted by Gasteiger charge is 2.44. The van der Waals surface area contributed by atoms with Crippen LogP contribution >= 0.6 is 0 Å². The summed E-state index contributed by atoms with van der Waals surface area (Å²) < 4.78 is 21.5. The smallest absolute Gasteiger partial charge is 0.290 e. The van der Waals surface area contributed by atoms with E-state index in [0.717, 1.165) is 5.56 Å². The second-order valence-corrected chi connectivity index (χ2v) is 7.91. The van der Waals surface area contributed by atoms with E-state index < -0.39 is 23.5 Å². The second-order valence-electron chi connectivity index (χ2n) is 7.91. The van der Waals surface area contributed by atoms with E-state index in [-0.39, 0.29) is 17.9 Å². The van der Waals surface area contributed by atoms with Gasteiger partial charge in [-0.1, -0.05) is 18.2 Å². The molecule has 2 aromatic carbocycles. The standard InChI is InChI=1S/C27H27NO7/c1-4-34-19-10-8-18(9-11-19)24-23(25(29)21-6-5-15-35-21)26(30)27(31)28(24)14-13-17-7-12-20(32-2)22(16-17)33-3/h5-12,15-16,24,30H,4,13-14H2,1-3H3/t24-/m0/s1. The lowest BCUT2D eigenvalue weighted by atomic mass is 9.95. The minimum atomic E-state index is -0.782. The molecule has 0 radical (unpaired) electrons. The zero-order chi connectivity index (χ0) is 24.9. The van der Waals surface area contributed by atoms with Gasteiger partial charge in [-0.3, -0.25) is 9.59 Å². The SMILES string of the molecule is CCOc1ccc([C@H]2C(C(=O)c3ccco3)=C(O)C(=O)N2CCc2ccc(OC)c(OC)c2)cc1. The van der Waals surface area contributed by atoms with Crippen molar-refractivity contribution >= 4 is 11.7 Å². The molecule has 8 heteroatoms. The lowest BCUT2D eigenvalue weighted by Gasteiger charge is -2.27. The number of carbonyl (C=O) groups excluding carboxylic acids is 2. The number of carbonyl (C=O) groups is 2. The van der Waals surface area contributed by atoms with Crippen LogP contribution in [-0.4, -0.2) is 49.1 Å². The molecule has 0 bridgehead atoms. The molecule has 1 aliphatic rings. The molecular weight excluding hydrogens is 450 g/mol. The van der Waals surface area contributed by atoms with E-state index in [0.29, 0.717) is 35.8 Å². The molecule has 1 aromatic heterocycles. The quantitative estimate of drug-likeness (QED) is 0.429. The number of methoxy groups -OCH3 is 2. The maximum Gasteiger partial charge on any atom is 0.290 e.